The summed E-state index contributed by atoms with van der Waals surface area (Å²) in [5, 5.41) is 0.881. The van der Waals surface area contributed by atoms with E-state index in [4.69, 9.17) is 4.74 Å². The molecule has 0 aliphatic rings. The highest BCUT2D eigenvalue weighted by atomic mass is 19.1. The van der Waals surface area contributed by atoms with Gasteiger partial charge in [0.05, 0.1) is 6.61 Å². The van der Waals surface area contributed by atoms with Crippen LogP contribution in [-0.2, 0) is 16.0 Å². The van der Waals surface area contributed by atoms with E-state index in [1.165, 1.54) is 23.8 Å². The quantitative estimate of drug-likeness (QED) is 0.335. The van der Waals surface area contributed by atoms with Crippen LogP contribution in [0.2, 0.25) is 0 Å². The molecule has 3 nitrogen and oxygen atoms in total. The highest BCUT2D eigenvalue weighted by Gasteiger charge is 2.05. The van der Waals surface area contributed by atoms with E-state index in [1.807, 2.05) is 18.3 Å². The topological polar surface area (TPSA) is 42.1 Å². The number of ether oxygens (including phenoxy) is 1. The van der Waals surface area contributed by atoms with Gasteiger partial charge in [0, 0.05) is 23.2 Å². The Hall–Kier alpha value is -2.88. The lowest BCUT2D eigenvalue weighted by Gasteiger charge is -2.05. The molecule has 3 rings (SSSR count). The molecular formula is C23H24FNO2. The summed E-state index contributed by atoms with van der Waals surface area (Å²) in [6, 6.07) is 12.8. The van der Waals surface area contributed by atoms with Crippen molar-refractivity contribution in [1.82, 2.24) is 4.98 Å². The molecule has 140 valence electrons. The molecule has 0 saturated heterocycles. The number of esters is 1. The minimum absolute atomic E-state index is 0.249. The van der Waals surface area contributed by atoms with E-state index >= 15 is 0 Å². The van der Waals surface area contributed by atoms with E-state index in [1.54, 1.807) is 12.1 Å². The van der Waals surface area contributed by atoms with Gasteiger partial charge in [-0.05, 0) is 59.7 Å². The Kier molecular flexibility index (Phi) is 6.07. The number of aryl methyl sites for hydroxylation is 1. The monoisotopic (exact) mass is 365 g/mol. The molecule has 0 radical (unpaired) electrons. The van der Waals surface area contributed by atoms with E-state index in [2.05, 4.69) is 31.0 Å². The van der Waals surface area contributed by atoms with Gasteiger partial charge < -0.3 is 9.72 Å². The number of carbonyl (C=O) groups is 1. The van der Waals surface area contributed by atoms with Gasteiger partial charge in [0.15, 0.2) is 0 Å². The minimum Gasteiger partial charge on any atom is -0.463 e. The SMILES string of the molecule is CC(C)c1ccc(/C=C/C(=O)OCCCc2c[nH]c3ccc(F)cc23)cc1. The first-order valence-corrected chi connectivity index (χ1v) is 9.23. The number of hydrogen-bond donors (Lipinski definition) is 1. The Bertz CT molecular complexity index is 939. The van der Waals surface area contributed by atoms with Crippen LogP contribution in [0.4, 0.5) is 4.39 Å². The first-order chi connectivity index (χ1) is 13.0. The van der Waals surface area contributed by atoms with Crippen LogP contribution in [0.25, 0.3) is 17.0 Å². The Morgan fingerprint density at radius 1 is 1.19 bits per heavy atom. The van der Waals surface area contributed by atoms with Gasteiger partial charge in [-0.3, -0.25) is 0 Å². The molecule has 1 heterocycles. The first-order valence-electron chi connectivity index (χ1n) is 9.23. The molecule has 4 heteroatoms. The lowest BCUT2D eigenvalue weighted by atomic mass is 10.0. The summed E-state index contributed by atoms with van der Waals surface area (Å²) in [5.74, 6) is -0.115. The predicted octanol–water partition coefficient (Wildman–Crippen LogP) is 5.62. The lowest BCUT2D eigenvalue weighted by molar-refractivity contribution is -0.137. The van der Waals surface area contributed by atoms with Crippen LogP contribution in [0.1, 0.15) is 42.9 Å². The van der Waals surface area contributed by atoms with Crippen LogP contribution in [0.15, 0.2) is 54.7 Å². The second kappa shape index (κ2) is 8.67. The van der Waals surface area contributed by atoms with Crippen LogP contribution < -0.4 is 0 Å². The van der Waals surface area contributed by atoms with E-state index in [0.29, 0.717) is 18.9 Å². The highest BCUT2D eigenvalue weighted by Crippen LogP contribution is 2.20. The molecular weight excluding hydrogens is 341 g/mol. The lowest BCUT2D eigenvalue weighted by Crippen LogP contribution is -2.03. The van der Waals surface area contributed by atoms with Crippen molar-refractivity contribution in [1.29, 1.82) is 0 Å². The fourth-order valence-corrected chi connectivity index (χ4v) is 3.00. The Labute approximate surface area is 158 Å². The third kappa shape index (κ3) is 5.07. The molecule has 1 N–H and O–H groups in total. The molecule has 0 unspecified atom stereocenters. The van der Waals surface area contributed by atoms with Crippen molar-refractivity contribution in [3.8, 4) is 0 Å². The molecule has 3 aromatic rings. The summed E-state index contributed by atoms with van der Waals surface area (Å²) in [7, 11) is 0. The maximum absolute atomic E-state index is 13.4. The highest BCUT2D eigenvalue weighted by molar-refractivity contribution is 5.87. The maximum atomic E-state index is 13.4. The zero-order valence-corrected chi connectivity index (χ0v) is 15.7. The molecule has 0 amide bonds. The van der Waals surface area contributed by atoms with Crippen LogP contribution in [0, 0.1) is 5.82 Å². The van der Waals surface area contributed by atoms with Crippen molar-refractivity contribution >= 4 is 22.9 Å². The van der Waals surface area contributed by atoms with Gasteiger partial charge in [0.2, 0.25) is 0 Å². The van der Waals surface area contributed by atoms with Crippen molar-refractivity contribution in [2.24, 2.45) is 0 Å². The van der Waals surface area contributed by atoms with Crippen molar-refractivity contribution in [2.75, 3.05) is 6.61 Å². The van der Waals surface area contributed by atoms with Crippen molar-refractivity contribution < 1.29 is 13.9 Å². The second-order valence-electron chi connectivity index (χ2n) is 6.93. The molecule has 0 fully saturated rings. The predicted molar refractivity (Wildman–Crippen MR) is 107 cm³/mol. The van der Waals surface area contributed by atoms with Crippen LogP contribution >= 0.6 is 0 Å². The average Bonchev–Trinajstić information content (AvgIpc) is 3.06. The van der Waals surface area contributed by atoms with Gasteiger partial charge in [-0.2, -0.15) is 0 Å². The summed E-state index contributed by atoms with van der Waals surface area (Å²) in [6.45, 7) is 4.63. The number of benzene rings is 2. The zero-order valence-electron chi connectivity index (χ0n) is 15.7. The number of aromatic amines is 1. The number of halogens is 1. The van der Waals surface area contributed by atoms with E-state index in [-0.39, 0.29) is 11.8 Å². The molecule has 0 saturated carbocycles. The van der Waals surface area contributed by atoms with Gasteiger partial charge in [0.1, 0.15) is 5.82 Å². The summed E-state index contributed by atoms with van der Waals surface area (Å²) >= 11 is 0. The molecule has 0 bridgehead atoms. The number of rotatable bonds is 7. The number of fused-ring (bicyclic) bond motifs is 1. The fourth-order valence-electron chi connectivity index (χ4n) is 3.00. The molecule has 2 aromatic carbocycles. The van der Waals surface area contributed by atoms with E-state index in [0.717, 1.165) is 28.5 Å². The number of H-pyrrole nitrogens is 1. The van der Waals surface area contributed by atoms with E-state index < -0.39 is 0 Å². The summed E-state index contributed by atoms with van der Waals surface area (Å²) < 4.78 is 18.6. The standard InChI is InChI=1S/C23H24FNO2/c1-16(2)18-8-5-17(6-9-18)7-12-23(26)27-13-3-4-19-15-25-22-11-10-20(24)14-21(19)22/h5-12,14-16,25H,3-4,13H2,1-2H3/b12-7+. The third-order valence-corrected chi connectivity index (χ3v) is 4.58. The Morgan fingerprint density at radius 2 is 1.96 bits per heavy atom. The van der Waals surface area contributed by atoms with Crippen molar-refractivity contribution in [2.45, 2.75) is 32.6 Å². The van der Waals surface area contributed by atoms with Gasteiger partial charge >= 0.3 is 5.97 Å². The number of aromatic nitrogens is 1. The molecule has 0 atom stereocenters. The van der Waals surface area contributed by atoms with Gasteiger partial charge in [0.25, 0.3) is 0 Å². The largest absolute Gasteiger partial charge is 0.463 e. The molecule has 1 aromatic heterocycles. The molecule has 0 aliphatic heterocycles. The van der Waals surface area contributed by atoms with Crippen molar-refractivity contribution in [3.63, 3.8) is 0 Å². The second-order valence-corrected chi connectivity index (χ2v) is 6.93. The summed E-state index contributed by atoms with van der Waals surface area (Å²) in [4.78, 5) is 15.0. The minimum atomic E-state index is -0.354. The average molecular weight is 365 g/mol. The Morgan fingerprint density at radius 3 is 2.70 bits per heavy atom. The van der Waals surface area contributed by atoms with Gasteiger partial charge in [-0.25, -0.2) is 9.18 Å². The van der Waals surface area contributed by atoms with Crippen LogP contribution in [0.3, 0.4) is 0 Å². The number of carbonyl (C=O) groups excluding carboxylic acids is 1. The van der Waals surface area contributed by atoms with Gasteiger partial charge in [-0.15, -0.1) is 0 Å². The van der Waals surface area contributed by atoms with E-state index in [9.17, 15) is 9.18 Å². The molecule has 27 heavy (non-hydrogen) atoms. The van der Waals surface area contributed by atoms with Crippen molar-refractivity contribution in [3.05, 3.63) is 77.2 Å². The van der Waals surface area contributed by atoms with Crippen LogP contribution in [0.5, 0.6) is 0 Å². The van der Waals surface area contributed by atoms with Crippen LogP contribution in [-0.4, -0.2) is 17.6 Å². The number of hydrogen-bond acceptors (Lipinski definition) is 2. The normalized spacial score (nSPS) is 11.6. The smallest absolute Gasteiger partial charge is 0.330 e. The molecule has 0 spiro atoms. The zero-order chi connectivity index (χ0) is 19.2. The summed E-state index contributed by atoms with van der Waals surface area (Å²) in [6.07, 6.45) is 6.50. The Balaban J connectivity index is 1.45. The fraction of sp³-hybridized carbons (Fsp3) is 0.261. The third-order valence-electron chi connectivity index (χ3n) is 4.58. The first kappa shape index (κ1) is 18.9. The summed E-state index contributed by atoms with van der Waals surface area (Å²) in [5.41, 5.74) is 4.18. The number of nitrogens with one attached hydrogen (secondary N) is 1. The van der Waals surface area contributed by atoms with Gasteiger partial charge in [-0.1, -0.05) is 38.1 Å². The molecule has 0 aliphatic carbocycles. The maximum Gasteiger partial charge on any atom is 0.330 e.